The van der Waals surface area contributed by atoms with Gasteiger partial charge in [-0.15, -0.1) is 0 Å². The lowest BCUT2D eigenvalue weighted by atomic mass is 10.3. The fraction of sp³-hybridized carbons (Fsp3) is 0.429. The van der Waals surface area contributed by atoms with E-state index in [-0.39, 0.29) is 5.91 Å². The number of hydrogen-bond donors (Lipinski definition) is 0. The number of fused-ring (bicyclic) bond motifs is 2. The molecule has 1 saturated carbocycles. The van der Waals surface area contributed by atoms with Crippen LogP contribution in [0.25, 0.3) is 5.65 Å². The second kappa shape index (κ2) is 4.20. The number of nitrogens with zero attached hydrogens (tertiary/aromatic N) is 4. The van der Waals surface area contributed by atoms with E-state index in [1.165, 1.54) is 0 Å². The first kappa shape index (κ1) is 12.2. The summed E-state index contributed by atoms with van der Waals surface area (Å²) in [5, 5.41) is 0.564. The monoisotopic (exact) mass is 290 g/mol. The number of hydrogen-bond acceptors (Lipinski definition) is 3. The van der Waals surface area contributed by atoms with Gasteiger partial charge in [0, 0.05) is 37.6 Å². The number of piperazine rings is 1. The molecule has 1 amide bonds. The molecule has 1 aliphatic heterocycles. The molecule has 1 saturated heterocycles. The molecular weight excluding hydrogens is 276 g/mol. The largest absolute Gasteiger partial charge is 0.331 e. The summed E-state index contributed by atoms with van der Waals surface area (Å²) >= 11 is 6.10. The molecule has 20 heavy (non-hydrogen) atoms. The van der Waals surface area contributed by atoms with Gasteiger partial charge in [0.15, 0.2) is 5.65 Å². The van der Waals surface area contributed by atoms with Crippen molar-refractivity contribution in [3.05, 3.63) is 35.2 Å². The van der Waals surface area contributed by atoms with Crippen molar-refractivity contribution < 1.29 is 4.79 Å². The predicted octanol–water partition coefficient (Wildman–Crippen LogP) is 1.52. The number of likely N-dealkylation sites (N-methyl/N-ethyl adjacent to an activating group) is 1. The molecule has 5 nitrogen and oxygen atoms in total. The standard InChI is InChI=1S/C14H15ClN4O/c1-17-5-6-19(12-7-11(12)17)14(20)10-8-18-4-2-3-9(15)13(18)16-10/h2-4,8,11-12H,5-7H2,1H3. The summed E-state index contributed by atoms with van der Waals surface area (Å²) < 4.78 is 1.80. The van der Waals surface area contributed by atoms with Crippen LogP contribution in [0.5, 0.6) is 0 Å². The van der Waals surface area contributed by atoms with Gasteiger partial charge >= 0.3 is 0 Å². The van der Waals surface area contributed by atoms with Gasteiger partial charge in [-0.2, -0.15) is 0 Å². The highest BCUT2D eigenvalue weighted by Crippen LogP contribution is 2.36. The maximum atomic E-state index is 12.6. The normalized spacial score (nSPS) is 25.8. The molecule has 0 radical (unpaired) electrons. The second-order valence-corrected chi connectivity index (χ2v) is 5.97. The quantitative estimate of drug-likeness (QED) is 0.799. The zero-order valence-corrected chi connectivity index (χ0v) is 11.9. The number of imidazole rings is 1. The first-order chi connectivity index (χ1) is 9.65. The highest BCUT2D eigenvalue weighted by Gasteiger charge is 2.49. The molecule has 2 aromatic rings. The van der Waals surface area contributed by atoms with E-state index >= 15 is 0 Å². The average Bonchev–Trinajstić information content (AvgIpc) is 3.11. The van der Waals surface area contributed by atoms with Crippen LogP contribution in [0.1, 0.15) is 16.9 Å². The van der Waals surface area contributed by atoms with Crippen LogP contribution in [0.2, 0.25) is 5.02 Å². The molecule has 0 bridgehead atoms. The smallest absolute Gasteiger partial charge is 0.274 e. The van der Waals surface area contributed by atoms with E-state index < -0.39 is 0 Å². The van der Waals surface area contributed by atoms with Gasteiger partial charge in [-0.05, 0) is 25.6 Å². The zero-order valence-electron chi connectivity index (χ0n) is 11.2. The van der Waals surface area contributed by atoms with Crippen LogP contribution in [0.15, 0.2) is 24.5 Å². The molecule has 3 heterocycles. The minimum absolute atomic E-state index is 0.0189. The molecular formula is C14H15ClN4O. The number of amides is 1. The Labute approximate surface area is 121 Å². The van der Waals surface area contributed by atoms with E-state index in [0.717, 1.165) is 19.5 Å². The van der Waals surface area contributed by atoms with Gasteiger partial charge in [0.05, 0.1) is 5.02 Å². The van der Waals surface area contributed by atoms with Crippen molar-refractivity contribution in [2.24, 2.45) is 0 Å². The average molecular weight is 291 g/mol. The lowest BCUT2D eigenvalue weighted by Gasteiger charge is -2.31. The molecule has 2 fully saturated rings. The minimum atomic E-state index is 0.0189. The van der Waals surface area contributed by atoms with Gasteiger partial charge in [-0.1, -0.05) is 11.6 Å². The number of aromatic nitrogens is 2. The molecule has 2 unspecified atom stereocenters. The van der Waals surface area contributed by atoms with Gasteiger partial charge in [-0.25, -0.2) is 4.98 Å². The van der Waals surface area contributed by atoms with Crippen LogP contribution in [-0.2, 0) is 0 Å². The fourth-order valence-corrected chi connectivity index (χ4v) is 3.27. The molecule has 2 atom stereocenters. The van der Waals surface area contributed by atoms with Gasteiger partial charge in [0.25, 0.3) is 5.91 Å². The van der Waals surface area contributed by atoms with Crippen molar-refractivity contribution in [2.45, 2.75) is 18.5 Å². The number of carbonyl (C=O) groups is 1. The van der Waals surface area contributed by atoms with Crippen LogP contribution >= 0.6 is 11.6 Å². The maximum Gasteiger partial charge on any atom is 0.274 e. The van der Waals surface area contributed by atoms with Crippen LogP contribution in [0, 0.1) is 0 Å². The summed E-state index contributed by atoms with van der Waals surface area (Å²) in [6, 6.07) is 4.53. The van der Waals surface area contributed by atoms with E-state index in [1.54, 1.807) is 16.7 Å². The molecule has 0 N–H and O–H groups in total. The van der Waals surface area contributed by atoms with Crippen LogP contribution in [0.3, 0.4) is 0 Å². The van der Waals surface area contributed by atoms with E-state index in [4.69, 9.17) is 11.6 Å². The van der Waals surface area contributed by atoms with E-state index in [1.807, 2.05) is 17.2 Å². The SMILES string of the molecule is CN1CCN(C(=O)c2cn3cccc(Cl)c3n2)C2CC21. The van der Waals surface area contributed by atoms with Crippen molar-refractivity contribution in [1.82, 2.24) is 19.2 Å². The second-order valence-electron chi connectivity index (χ2n) is 5.56. The molecule has 0 aromatic carbocycles. The summed E-state index contributed by atoms with van der Waals surface area (Å²) in [5.41, 5.74) is 1.12. The van der Waals surface area contributed by atoms with Crippen molar-refractivity contribution in [1.29, 1.82) is 0 Å². The first-order valence-corrected chi connectivity index (χ1v) is 7.17. The molecule has 4 rings (SSSR count). The van der Waals surface area contributed by atoms with Gasteiger partial charge in [-0.3, -0.25) is 9.69 Å². The van der Waals surface area contributed by atoms with Crippen molar-refractivity contribution in [3.63, 3.8) is 0 Å². The third kappa shape index (κ3) is 1.73. The summed E-state index contributed by atoms with van der Waals surface area (Å²) in [6.07, 6.45) is 4.70. The predicted molar refractivity (Wildman–Crippen MR) is 76.1 cm³/mol. The number of rotatable bonds is 1. The highest BCUT2D eigenvalue weighted by molar-refractivity contribution is 6.33. The Kier molecular flexibility index (Phi) is 2.56. The summed E-state index contributed by atoms with van der Waals surface area (Å²) in [5.74, 6) is 0.0189. The topological polar surface area (TPSA) is 40.9 Å². The number of pyridine rings is 1. The number of halogens is 1. The molecule has 0 spiro atoms. The molecule has 2 aliphatic rings. The lowest BCUT2D eigenvalue weighted by molar-refractivity contribution is 0.0646. The Morgan fingerprint density at radius 1 is 1.40 bits per heavy atom. The Morgan fingerprint density at radius 2 is 2.25 bits per heavy atom. The van der Waals surface area contributed by atoms with Crippen LogP contribution in [0.4, 0.5) is 0 Å². The first-order valence-electron chi connectivity index (χ1n) is 6.79. The fourth-order valence-electron chi connectivity index (χ4n) is 3.06. The van der Waals surface area contributed by atoms with E-state index in [9.17, 15) is 4.79 Å². The van der Waals surface area contributed by atoms with Crippen molar-refractivity contribution >= 4 is 23.2 Å². The van der Waals surface area contributed by atoms with Gasteiger partial charge in [0.1, 0.15) is 5.69 Å². The highest BCUT2D eigenvalue weighted by atomic mass is 35.5. The van der Waals surface area contributed by atoms with E-state index in [2.05, 4.69) is 16.9 Å². The summed E-state index contributed by atoms with van der Waals surface area (Å²) in [6.45, 7) is 1.71. The third-order valence-corrected chi connectivity index (χ3v) is 4.59. The van der Waals surface area contributed by atoms with Crippen molar-refractivity contribution in [2.75, 3.05) is 20.1 Å². The summed E-state index contributed by atoms with van der Waals surface area (Å²) in [4.78, 5) is 21.3. The van der Waals surface area contributed by atoms with Crippen LogP contribution in [-0.4, -0.2) is 57.3 Å². The Balaban J connectivity index is 1.66. The zero-order chi connectivity index (χ0) is 13.9. The molecule has 1 aliphatic carbocycles. The third-order valence-electron chi connectivity index (χ3n) is 4.30. The lowest BCUT2D eigenvalue weighted by Crippen LogP contribution is -2.47. The molecule has 104 valence electrons. The minimum Gasteiger partial charge on any atom is -0.331 e. The maximum absolute atomic E-state index is 12.6. The van der Waals surface area contributed by atoms with Gasteiger partial charge in [0.2, 0.25) is 0 Å². The number of carbonyl (C=O) groups excluding carboxylic acids is 1. The molecule has 6 heteroatoms. The Bertz CT molecular complexity index is 698. The summed E-state index contributed by atoms with van der Waals surface area (Å²) in [7, 11) is 2.12. The van der Waals surface area contributed by atoms with Gasteiger partial charge < -0.3 is 9.30 Å². The molecule has 2 aromatic heterocycles. The Hall–Kier alpha value is -1.59. The Morgan fingerprint density at radius 3 is 3.05 bits per heavy atom. The van der Waals surface area contributed by atoms with E-state index in [0.29, 0.717) is 28.4 Å². The van der Waals surface area contributed by atoms with Crippen LogP contribution < -0.4 is 0 Å². The van der Waals surface area contributed by atoms with Crippen molar-refractivity contribution in [3.8, 4) is 0 Å².